The molecule has 3 aliphatic heterocycles. The maximum absolute atomic E-state index is 5.58. The van der Waals surface area contributed by atoms with E-state index in [4.69, 9.17) is 14.5 Å². The van der Waals surface area contributed by atoms with Gasteiger partial charge < -0.3 is 14.8 Å². The third kappa shape index (κ3) is 2.68. The molecule has 3 aliphatic rings. The molecular weight excluding hydrogens is 248 g/mol. The highest BCUT2D eigenvalue weighted by atomic mass is 32.2. The molecule has 3 heterocycles. The number of nitrogens with zero attached hydrogens (tertiary/aromatic N) is 1. The zero-order chi connectivity index (χ0) is 12.4. The Hall–Kier alpha value is -0.260. The molecule has 0 aliphatic carbocycles. The summed E-state index contributed by atoms with van der Waals surface area (Å²) in [5, 5.41) is 4.77. The highest BCUT2D eigenvalue weighted by Crippen LogP contribution is 2.32. The second-order valence-electron chi connectivity index (χ2n) is 5.58. The van der Waals surface area contributed by atoms with Gasteiger partial charge in [0.05, 0.1) is 11.6 Å². The number of ether oxygens (including phenoxy) is 2. The van der Waals surface area contributed by atoms with Gasteiger partial charge in [0.15, 0.2) is 5.17 Å². The van der Waals surface area contributed by atoms with Crippen molar-refractivity contribution in [1.82, 2.24) is 5.32 Å². The van der Waals surface area contributed by atoms with Crippen LogP contribution in [0.2, 0.25) is 0 Å². The van der Waals surface area contributed by atoms with Crippen LogP contribution in [0.4, 0.5) is 0 Å². The minimum atomic E-state index is 0.263. The van der Waals surface area contributed by atoms with Crippen molar-refractivity contribution in [3.63, 3.8) is 0 Å². The summed E-state index contributed by atoms with van der Waals surface area (Å²) in [6.07, 6.45) is 3.75. The van der Waals surface area contributed by atoms with Gasteiger partial charge in [-0.05, 0) is 26.2 Å². The summed E-state index contributed by atoms with van der Waals surface area (Å²) in [5.74, 6) is 1.75. The van der Waals surface area contributed by atoms with E-state index in [0.29, 0.717) is 12.0 Å². The summed E-state index contributed by atoms with van der Waals surface area (Å²) in [4.78, 5) is 4.75. The minimum Gasteiger partial charge on any atom is -0.381 e. The van der Waals surface area contributed by atoms with Gasteiger partial charge in [-0.2, -0.15) is 0 Å². The Balaban J connectivity index is 1.54. The molecule has 5 heteroatoms. The van der Waals surface area contributed by atoms with Gasteiger partial charge in [-0.3, -0.25) is 4.99 Å². The average Bonchev–Trinajstić information content (AvgIpc) is 2.96. The normalized spacial score (nSPS) is 37.3. The molecule has 3 rings (SSSR count). The Morgan fingerprint density at radius 2 is 2.22 bits per heavy atom. The first-order valence-electron chi connectivity index (χ1n) is 6.92. The number of aliphatic imine (C=N–C) groups is 1. The van der Waals surface area contributed by atoms with Crippen molar-refractivity contribution >= 4 is 16.9 Å². The van der Waals surface area contributed by atoms with Crippen LogP contribution in [0.5, 0.6) is 0 Å². The molecule has 4 nitrogen and oxygen atoms in total. The SMILES string of the molecule is CC1OCCC1CN=C1NC2(CCOCC2)CS1. The zero-order valence-electron chi connectivity index (χ0n) is 11.0. The fourth-order valence-corrected chi connectivity index (χ4v) is 4.07. The number of amidine groups is 1. The average molecular weight is 270 g/mol. The Bertz CT molecular complexity index is 329. The van der Waals surface area contributed by atoms with Gasteiger partial charge in [0.25, 0.3) is 0 Å². The largest absolute Gasteiger partial charge is 0.381 e. The molecule has 0 aromatic carbocycles. The maximum Gasteiger partial charge on any atom is 0.157 e. The molecule has 102 valence electrons. The van der Waals surface area contributed by atoms with Crippen LogP contribution in [0.25, 0.3) is 0 Å². The van der Waals surface area contributed by atoms with Gasteiger partial charge in [0, 0.05) is 38.0 Å². The molecule has 1 N–H and O–H groups in total. The fraction of sp³-hybridized carbons (Fsp3) is 0.923. The van der Waals surface area contributed by atoms with Crippen molar-refractivity contribution in [2.45, 2.75) is 37.8 Å². The van der Waals surface area contributed by atoms with Gasteiger partial charge in [-0.25, -0.2) is 0 Å². The lowest BCUT2D eigenvalue weighted by molar-refractivity contribution is 0.0555. The zero-order valence-corrected chi connectivity index (χ0v) is 11.8. The molecule has 0 bridgehead atoms. The van der Waals surface area contributed by atoms with E-state index in [-0.39, 0.29) is 5.54 Å². The first-order valence-corrected chi connectivity index (χ1v) is 7.91. The van der Waals surface area contributed by atoms with Gasteiger partial charge in [0.2, 0.25) is 0 Å². The predicted molar refractivity (Wildman–Crippen MR) is 74.2 cm³/mol. The summed E-state index contributed by atoms with van der Waals surface area (Å²) < 4.78 is 11.0. The Morgan fingerprint density at radius 1 is 1.39 bits per heavy atom. The van der Waals surface area contributed by atoms with E-state index in [1.807, 2.05) is 11.8 Å². The highest BCUT2D eigenvalue weighted by molar-refractivity contribution is 8.14. The van der Waals surface area contributed by atoms with E-state index >= 15 is 0 Å². The summed E-state index contributed by atoms with van der Waals surface area (Å²) in [7, 11) is 0. The monoisotopic (exact) mass is 270 g/mol. The first-order chi connectivity index (χ1) is 8.77. The van der Waals surface area contributed by atoms with Gasteiger partial charge in [-0.1, -0.05) is 11.8 Å². The number of hydrogen-bond donors (Lipinski definition) is 1. The van der Waals surface area contributed by atoms with Gasteiger partial charge >= 0.3 is 0 Å². The first kappa shape index (κ1) is 12.8. The van der Waals surface area contributed by atoms with E-state index in [0.717, 1.165) is 56.5 Å². The minimum absolute atomic E-state index is 0.263. The Labute approximate surface area is 113 Å². The van der Waals surface area contributed by atoms with E-state index in [1.54, 1.807) is 0 Å². The van der Waals surface area contributed by atoms with Gasteiger partial charge in [-0.15, -0.1) is 0 Å². The number of hydrogen-bond acceptors (Lipinski definition) is 4. The molecule has 0 aromatic rings. The van der Waals surface area contributed by atoms with Crippen LogP contribution < -0.4 is 5.32 Å². The van der Waals surface area contributed by atoms with E-state index < -0.39 is 0 Å². The van der Waals surface area contributed by atoms with Crippen molar-refractivity contribution < 1.29 is 9.47 Å². The smallest absolute Gasteiger partial charge is 0.157 e. The van der Waals surface area contributed by atoms with Crippen LogP contribution >= 0.6 is 11.8 Å². The summed E-state index contributed by atoms with van der Waals surface area (Å²) in [5.41, 5.74) is 0.263. The molecule has 3 saturated heterocycles. The van der Waals surface area contributed by atoms with Gasteiger partial charge in [0.1, 0.15) is 0 Å². The molecule has 18 heavy (non-hydrogen) atoms. The van der Waals surface area contributed by atoms with Crippen LogP contribution in [-0.2, 0) is 9.47 Å². The van der Waals surface area contributed by atoms with Crippen LogP contribution in [0.15, 0.2) is 4.99 Å². The molecule has 2 unspecified atom stereocenters. The summed E-state index contributed by atoms with van der Waals surface area (Å²) >= 11 is 1.87. The van der Waals surface area contributed by atoms with Crippen LogP contribution in [0, 0.1) is 5.92 Å². The van der Waals surface area contributed by atoms with E-state index in [1.165, 1.54) is 0 Å². The summed E-state index contributed by atoms with van der Waals surface area (Å²) in [6, 6.07) is 0. The number of nitrogens with one attached hydrogen (secondary N) is 1. The molecule has 0 amide bonds. The van der Waals surface area contributed by atoms with Crippen molar-refractivity contribution in [3.05, 3.63) is 0 Å². The quantitative estimate of drug-likeness (QED) is 0.828. The number of thioether (sulfide) groups is 1. The lowest BCUT2D eigenvalue weighted by Gasteiger charge is -2.32. The van der Waals surface area contributed by atoms with E-state index in [2.05, 4.69) is 12.2 Å². The van der Waals surface area contributed by atoms with Crippen molar-refractivity contribution in [1.29, 1.82) is 0 Å². The maximum atomic E-state index is 5.58. The fourth-order valence-electron chi connectivity index (χ4n) is 2.84. The Morgan fingerprint density at radius 3 is 2.94 bits per heavy atom. The molecule has 3 fully saturated rings. The van der Waals surface area contributed by atoms with Crippen LogP contribution in [0.1, 0.15) is 26.2 Å². The van der Waals surface area contributed by atoms with Crippen LogP contribution in [0.3, 0.4) is 0 Å². The molecular formula is C13H22N2O2S. The second kappa shape index (κ2) is 5.39. The second-order valence-corrected chi connectivity index (χ2v) is 6.54. The highest BCUT2D eigenvalue weighted by Gasteiger charge is 2.38. The lowest BCUT2D eigenvalue weighted by Crippen LogP contribution is -2.48. The van der Waals surface area contributed by atoms with E-state index in [9.17, 15) is 0 Å². The standard InChI is InChI=1S/C13H22N2O2S/c1-10-11(2-5-17-10)8-14-12-15-13(9-18-12)3-6-16-7-4-13/h10-11H,2-9H2,1H3,(H,14,15). The summed E-state index contributed by atoms with van der Waals surface area (Å²) in [6.45, 7) is 5.73. The third-order valence-corrected chi connectivity index (χ3v) is 5.51. The molecule has 0 radical (unpaired) electrons. The van der Waals surface area contributed by atoms with Crippen molar-refractivity contribution in [2.75, 3.05) is 32.1 Å². The molecule has 1 spiro atoms. The lowest BCUT2D eigenvalue weighted by atomic mass is 9.93. The number of rotatable bonds is 2. The third-order valence-electron chi connectivity index (χ3n) is 4.31. The topological polar surface area (TPSA) is 42.8 Å². The Kier molecular flexibility index (Phi) is 3.82. The van der Waals surface area contributed by atoms with Crippen molar-refractivity contribution in [3.8, 4) is 0 Å². The molecule has 0 saturated carbocycles. The van der Waals surface area contributed by atoms with Crippen molar-refractivity contribution in [2.24, 2.45) is 10.9 Å². The molecule has 2 atom stereocenters. The molecule has 0 aromatic heterocycles. The predicted octanol–water partition coefficient (Wildman–Crippen LogP) is 1.65. The van der Waals surface area contributed by atoms with Crippen LogP contribution in [-0.4, -0.2) is 48.9 Å².